The molecule has 0 bridgehead atoms. The molecule has 0 unspecified atom stereocenters. The van der Waals surface area contributed by atoms with Crippen LogP contribution in [0.3, 0.4) is 0 Å². The van der Waals surface area contributed by atoms with Crippen LogP contribution in [0.2, 0.25) is 0 Å². The second-order valence-corrected chi connectivity index (χ2v) is 6.56. The summed E-state index contributed by atoms with van der Waals surface area (Å²) in [7, 11) is 0. The molecule has 3 aromatic rings. The van der Waals surface area contributed by atoms with Gasteiger partial charge in [0.25, 0.3) is 0 Å². The van der Waals surface area contributed by atoms with Crippen molar-refractivity contribution in [3.05, 3.63) is 46.7 Å². The summed E-state index contributed by atoms with van der Waals surface area (Å²) in [5.74, 6) is 2.68. The van der Waals surface area contributed by atoms with Crippen molar-refractivity contribution in [2.24, 2.45) is 0 Å². The first-order valence-corrected chi connectivity index (χ1v) is 7.58. The zero-order chi connectivity index (χ0) is 11.7. The third-order valence-corrected chi connectivity index (χ3v) is 5.72. The highest BCUT2D eigenvalue weighted by atomic mass is 32.1. The molecule has 0 N–H and O–H groups in total. The molecule has 0 nitrogen and oxygen atoms in total. The average molecular weight is 272 g/mol. The Morgan fingerprint density at radius 1 is 0.824 bits per heavy atom. The Kier molecular flexibility index (Phi) is 2.86. The number of rotatable bonds is 2. The Bertz CT molecular complexity index is 662. The normalized spacial score (nSPS) is 10.3. The lowest BCUT2D eigenvalue weighted by Crippen LogP contribution is -1.57. The molecular weight excluding hydrogens is 264 g/mol. The van der Waals surface area contributed by atoms with Gasteiger partial charge in [0.2, 0.25) is 0 Å². The summed E-state index contributed by atoms with van der Waals surface area (Å²) in [5.41, 5.74) is 0. The van der Waals surface area contributed by atoms with Gasteiger partial charge >= 0.3 is 0 Å². The maximum Gasteiger partial charge on any atom is 0.0772 e. The van der Waals surface area contributed by atoms with E-state index in [0.29, 0.717) is 0 Å². The SMILES string of the molecule is C#Cc1ccc(-c2ccc(-c3cccs3)s2)s1. The maximum atomic E-state index is 5.39. The van der Waals surface area contributed by atoms with Crippen molar-refractivity contribution >= 4 is 34.0 Å². The van der Waals surface area contributed by atoms with Gasteiger partial charge in [0.1, 0.15) is 0 Å². The van der Waals surface area contributed by atoms with E-state index < -0.39 is 0 Å². The van der Waals surface area contributed by atoms with Crippen molar-refractivity contribution in [1.29, 1.82) is 0 Å². The van der Waals surface area contributed by atoms with Crippen molar-refractivity contribution in [3.8, 4) is 31.9 Å². The summed E-state index contributed by atoms with van der Waals surface area (Å²) < 4.78 is 0. The largest absolute Gasteiger partial charge is 0.143 e. The molecule has 3 aromatic heterocycles. The lowest BCUT2D eigenvalue weighted by molar-refractivity contribution is 1.90. The van der Waals surface area contributed by atoms with Crippen LogP contribution in [0.1, 0.15) is 4.88 Å². The number of thiophene rings is 3. The van der Waals surface area contributed by atoms with Gasteiger partial charge in [-0.3, -0.25) is 0 Å². The monoisotopic (exact) mass is 272 g/mol. The molecule has 3 heteroatoms. The van der Waals surface area contributed by atoms with Crippen molar-refractivity contribution < 1.29 is 0 Å². The predicted octanol–water partition coefficient (Wildman–Crippen LogP) is 5.19. The lowest BCUT2D eigenvalue weighted by Gasteiger charge is -1.89. The first-order chi connectivity index (χ1) is 8.36. The van der Waals surface area contributed by atoms with E-state index in [2.05, 4.69) is 41.6 Å². The van der Waals surface area contributed by atoms with E-state index in [4.69, 9.17) is 6.42 Å². The highest BCUT2D eigenvalue weighted by molar-refractivity contribution is 7.26. The predicted molar refractivity (Wildman–Crippen MR) is 78.9 cm³/mol. The minimum atomic E-state index is 0.992. The highest BCUT2D eigenvalue weighted by Gasteiger charge is 2.07. The van der Waals surface area contributed by atoms with E-state index >= 15 is 0 Å². The van der Waals surface area contributed by atoms with E-state index in [9.17, 15) is 0 Å². The van der Waals surface area contributed by atoms with Gasteiger partial charge in [0.15, 0.2) is 0 Å². The maximum absolute atomic E-state index is 5.39. The molecule has 82 valence electrons. The third-order valence-electron chi connectivity index (χ3n) is 2.36. The van der Waals surface area contributed by atoms with Crippen LogP contribution in [0.4, 0.5) is 0 Å². The molecule has 0 spiro atoms. The summed E-state index contributed by atoms with van der Waals surface area (Å²) in [6, 6.07) is 12.7. The molecule has 0 radical (unpaired) electrons. The van der Waals surface area contributed by atoms with Crippen LogP contribution < -0.4 is 0 Å². The highest BCUT2D eigenvalue weighted by Crippen LogP contribution is 2.38. The van der Waals surface area contributed by atoms with Gasteiger partial charge in [0, 0.05) is 19.5 Å². The first-order valence-electron chi connectivity index (χ1n) is 5.07. The molecule has 0 fully saturated rings. The molecule has 0 aliphatic heterocycles. The van der Waals surface area contributed by atoms with Gasteiger partial charge in [-0.05, 0) is 35.7 Å². The van der Waals surface area contributed by atoms with Crippen molar-refractivity contribution in [1.82, 2.24) is 0 Å². The number of hydrogen-bond acceptors (Lipinski definition) is 3. The Hall–Kier alpha value is -1.34. The summed E-state index contributed by atoms with van der Waals surface area (Å²) in [5, 5.41) is 2.11. The van der Waals surface area contributed by atoms with Crippen LogP contribution in [-0.2, 0) is 0 Å². The minimum absolute atomic E-state index is 0.992. The Labute approximate surface area is 112 Å². The molecule has 0 aliphatic carbocycles. The Morgan fingerprint density at radius 2 is 1.53 bits per heavy atom. The fourth-order valence-electron chi connectivity index (χ4n) is 1.57. The fraction of sp³-hybridized carbons (Fsp3) is 0. The zero-order valence-electron chi connectivity index (χ0n) is 8.84. The van der Waals surface area contributed by atoms with E-state index in [1.165, 1.54) is 19.5 Å². The van der Waals surface area contributed by atoms with Crippen LogP contribution in [0.25, 0.3) is 19.5 Å². The first kappa shape index (κ1) is 10.8. The summed E-state index contributed by atoms with van der Waals surface area (Å²) in [4.78, 5) is 6.19. The van der Waals surface area contributed by atoms with E-state index in [0.717, 1.165) is 4.88 Å². The van der Waals surface area contributed by atoms with Gasteiger partial charge in [0.05, 0.1) is 4.88 Å². The van der Waals surface area contributed by atoms with Gasteiger partial charge in [-0.2, -0.15) is 0 Å². The minimum Gasteiger partial charge on any atom is -0.143 e. The molecule has 0 aliphatic rings. The van der Waals surface area contributed by atoms with Crippen LogP contribution in [-0.4, -0.2) is 0 Å². The second kappa shape index (κ2) is 4.50. The van der Waals surface area contributed by atoms with Crippen LogP contribution in [0.5, 0.6) is 0 Å². The Morgan fingerprint density at radius 3 is 2.18 bits per heavy atom. The molecule has 0 amide bonds. The van der Waals surface area contributed by atoms with Crippen LogP contribution >= 0.6 is 34.0 Å². The molecule has 0 atom stereocenters. The quantitative estimate of drug-likeness (QED) is 0.563. The Balaban J connectivity index is 1.98. The topological polar surface area (TPSA) is 0 Å². The smallest absolute Gasteiger partial charge is 0.0772 e. The molecule has 0 aromatic carbocycles. The molecule has 17 heavy (non-hydrogen) atoms. The molecule has 0 saturated heterocycles. The summed E-state index contributed by atoms with van der Waals surface area (Å²) in [6.45, 7) is 0. The van der Waals surface area contributed by atoms with E-state index in [1.807, 2.05) is 17.4 Å². The van der Waals surface area contributed by atoms with Crippen LogP contribution in [0, 0.1) is 12.3 Å². The zero-order valence-corrected chi connectivity index (χ0v) is 11.3. The van der Waals surface area contributed by atoms with Crippen molar-refractivity contribution in [2.75, 3.05) is 0 Å². The summed E-state index contributed by atoms with van der Waals surface area (Å²) in [6.07, 6.45) is 5.39. The lowest BCUT2D eigenvalue weighted by atomic mass is 10.3. The van der Waals surface area contributed by atoms with Crippen LogP contribution in [0.15, 0.2) is 41.8 Å². The molecular formula is C14H8S3. The molecule has 0 saturated carbocycles. The fourth-order valence-corrected chi connectivity index (χ4v) is 4.32. The van der Waals surface area contributed by atoms with Gasteiger partial charge in [-0.15, -0.1) is 40.4 Å². The molecule has 3 rings (SSSR count). The number of hydrogen-bond donors (Lipinski definition) is 0. The van der Waals surface area contributed by atoms with E-state index in [-0.39, 0.29) is 0 Å². The second-order valence-electron chi connectivity index (χ2n) is 3.45. The van der Waals surface area contributed by atoms with Crippen molar-refractivity contribution in [3.63, 3.8) is 0 Å². The van der Waals surface area contributed by atoms with Gasteiger partial charge in [-0.1, -0.05) is 12.0 Å². The third kappa shape index (κ3) is 2.07. The van der Waals surface area contributed by atoms with Gasteiger partial charge < -0.3 is 0 Å². The summed E-state index contributed by atoms with van der Waals surface area (Å²) >= 11 is 5.27. The average Bonchev–Trinajstić information content (AvgIpc) is 3.09. The molecule has 3 heterocycles. The standard InChI is InChI=1S/C14H8S3/c1-2-10-5-6-13(16-10)14-8-7-12(17-14)11-4-3-9-15-11/h1,3-9H. The van der Waals surface area contributed by atoms with Gasteiger partial charge in [-0.25, -0.2) is 0 Å². The van der Waals surface area contributed by atoms with E-state index in [1.54, 1.807) is 22.7 Å². The number of terminal acetylenes is 1. The van der Waals surface area contributed by atoms with Crippen molar-refractivity contribution in [2.45, 2.75) is 0 Å².